The van der Waals surface area contributed by atoms with Crippen LogP contribution in [-0.4, -0.2) is 9.97 Å². The van der Waals surface area contributed by atoms with Crippen LogP contribution >= 0.6 is 11.6 Å². The Hall–Kier alpha value is -1.02. The fourth-order valence-electron chi connectivity index (χ4n) is 1.49. The van der Waals surface area contributed by atoms with Gasteiger partial charge in [0.1, 0.15) is 0 Å². The van der Waals surface area contributed by atoms with E-state index in [0.29, 0.717) is 11.2 Å². The standard InChI is InChI=1S/C10H11ClN2/c1-6(2)7-4-3-5-8-9(7)13-10(11)12-8/h3-6H,1-2H3,(H,12,13). The molecule has 1 N–H and O–H groups in total. The molecule has 3 heteroatoms. The Labute approximate surface area is 81.9 Å². The highest BCUT2D eigenvalue weighted by Crippen LogP contribution is 2.24. The molecule has 1 heterocycles. The number of rotatable bonds is 1. The summed E-state index contributed by atoms with van der Waals surface area (Å²) in [5, 5.41) is 0.461. The van der Waals surface area contributed by atoms with Crippen molar-refractivity contribution in [2.75, 3.05) is 0 Å². The summed E-state index contributed by atoms with van der Waals surface area (Å²) in [6, 6.07) is 6.09. The number of para-hydroxylation sites is 1. The molecule has 0 aliphatic rings. The summed E-state index contributed by atoms with van der Waals surface area (Å²) >= 11 is 5.79. The number of hydrogen-bond acceptors (Lipinski definition) is 1. The quantitative estimate of drug-likeness (QED) is 0.741. The van der Waals surface area contributed by atoms with Gasteiger partial charge in [-0.1, -0.05) is 26.0 Å². The average molecular weight is 195 g/mol. The van der Waals surface area contributed by atoms with Crippen LogP contribution in [0.1, 0.15) is 25.3 Å². The molecule has 2 rings (SSSR count). The van der Waals surface area contributed by atoms with E-state index in [9.17, 15) is 0 Å². The van der Waals surface area contributed by atoms with Crippen LogP contribution in [0.15, 0.2) is 18.2 Å². The van der Waals surface area contributed by atoms with Crippen LogP contribution in [0.25, 0.3) is 11.0 Å². The van der Waals surface area contributed by atoms with Crippen LogP contribution in [0.4, 0.5) is 0 Å². The first kappa shape index (κ1) is 8.57. The number of nitrogens with one attached hydrogen (secondary N) is 1. The molecule has 0 radical (unpaired) electrons. The third-order valence-corrected chi connectivity index (χ3v) is 2.32. The minimum Gasteiger partial charge on any atom is -0.329 e. The zero-order valence-electron chi connectivity index (χ0n) is 7.63. The molecular weight excluding hydrogens is 184 g/mol. The van der Waals surface area contributed by atoms with E-state index in [0.717, 1.165) is 11.0 Å². The lowest BCUT2D eigenvalue weighted by Crippen LogP contribution is -1.88. The SMILES string of the molecule is CC(C)c1cccc2[nH]c(Cl)nc12. The number of nitrogens with zero attached hydrogens (tertiary/aromatic N) is 1. The summed E-state index contributed by atoms with van der Waals surface area (Å²) in [6.45, 7) is 4.30. The number of halogens is 1. The molecule has 0 bridgehead atoms. The van der Waals surface area contributed by atoms with Crippen molar-refractivity contribution in [2.24, 2.45) is 0 Å². The zero-order valence-corrected chi connectivity index (χ0v) is 8.39. The van der Waals surface area contributed by atoms with Gasteiger partial charge >= 0.3 is 0 Å². The predicted octanol–water partition coefficient (Wildman–Crippen LogP) is 3.34. The summed E-state index contributed by atoms with van der Waals surface area (Å²) in [4.78, 5) is 7.25. The van der Waals surface area contributed by atoms with Gasteiger partial charge < -0.3 is 4.98 Å². The second kappa shape index (κ2) is 3.04. The minimum atomic E-state index is 0.461. The van der Waals surface area contributed by atoms with Crippen LogP contribution in [0.3, 0.4) is 0 Å². The van der Waals surface area contributed by atoms with Crippen molar-refractivity contribution in [1.29, 1.82) is 0 Å². The summed E-state index contributed by atoms with van der Waals surface area (Å²) < 4.78 is 0. The van der Waals surface area contributed by atoms with Crippen molar-refractivity contribution in [3.05, 3.63) is 29.0 Å². The number of aromatic nitrogens is 2. The van der Waals surface area contributed by atoms with Gasteiger partial charge in [0.2, 0.25) is 5.28 Å². The van der Waals surface area contributed by atoms with E-state index in [-0.39, 0.29) is 0 Å². The summed E-state index contributed by atoms with van der Waals surface area (Å²) in [5.41, 5.74) is 3.24. The molecule has 1 aromatic heterocycles. The molecular formula is C10H11ClN2. The minimum absolute atomic E-state index is 0.461. The maximum absolute atomic E-state index is 5.79. The average Bonchev–Trinajstić information content (AvgIpc) is 2.43. The maximum atomic E-state index is 5.79. The molecule has 0 unspecified atom stereocenters. The van der Waals surface area contributed by atoms with Gasteiger partial charge in [0, 0.05) is 0 Å². The van der Waals surface area contributed by atoms with Crippen LogP contribution in [-0.2, 0) is 0 Å². The molecule has 0 atom stereocenters. The number of fused-ring (bicyclic) bond motifs is 1. The number of aromatic amines is 1. The first-order valence-corrected chi connectivity index (χ1v) is 4.70. The van der Waals surface area contributed by atoms with Gasteiger partial charge in [0.25, 0.3) is 0 Å². The Morgan fingerprint density at radius 1 is 1.38 bits per heavy atom. The van der Waals surface area contributed by atoms with Gasteiger partial charge in [-0.05, 0) is 29.1 Å². The highest BCUT2D eigenvalue weighted by molar-refractivity contribution is 6.29. The van der Waals surface area contributed by atoms with E-state index in [1.807, 2.05) is 12.1 Å². The summed E-state index contributed by atoms with van der Waals surface area (Å²) in [5.74, 6) is 0.475. The van der Waals surface area contributed by atoms with Crippen molar-refractivity contribution in [3.63, 3.8) is 0 Å². The van der Waals surface area contributed by atoms with E-state index in [4.69, 9.17) is 11.6 Å². The molecule has 0 spiro atoms. The monoisotopic (exact) mass is 194 g/mol. The van der Waals surface area contributed by atoms with Gasteiger partial charge in [-0.2, -0.15) is 0 Å². The number of benzene rings is 1. The van der Waals surface area contributed by atoms with E-state index < -0.39 is 0 Å². The Bertz CT molecular complexity index is 431. The lowest BCUT2D eigenvalue weighted by atomic mass is 10.0. The Kier molecular flexibility index (Phi) is 2.00. The molecule has 0 fully saturated rings. The van der Waals surface area contributed by atoms with Crippen molar-refractivity contribution in [2.45, 2.75) is 19.8 Å². The van der Waals surface area contributed by atoms with Gasteiger partial charge in [-0.25, -0.2) is 4.98 Å². The van der Waals surface area contributed by atoms with Crippen LogP contribution in [0.5, 0.6) is 0 Å². The number of imidazole rings is 1. The molecule has 13 heavy (non-hydrogen) atoms. The predicted molar refractivity (Wildman–Crippen MR) is 55.2 cm³/mol. The molecule has 2 aromatic rings. The van der Waals surface area contributed by atoms with E-state index in [1.165, 1.54) is 5.56 Å². The highest BCUT2D eigenvalue weighted by atomic mass is 35.5. The molecule has 68 valence electrons. The highest BCUT2D eigenvalue weighted by Gasteiger charge is 2.07. The molecule has 0 amide bonds. The van der Waals surface area contributed by atoms with Crippen molar-refractivity contribution >= 4 is 22.6 Å². The van der Waals surface area contributed by atoms with Crippen LogP contribution < -0.4 is 0 Å². The molecule has 0 saturated carbocycles. The molecule has 1 aromatic carbocycles. The second-order valence-corrected chi connectivity index (χ2v) is 3.78. The number of H-pyrrole nitrogens is 1. The number of hydrogen-bond donors (Lipinski definition) is 1. The zero-order chi connectivity index (χ0) is 9.42. The lowest BCUT2D eigenvalue weighted by molar-refractivity contribution is 0.873. The molecule has 0 aliphatic carbocycles. The molecule has 2 nitrogen and oxygen atoms in total. The topological polar surface area (TPSA) is 28.7 Å². The smallest absolute Gasteiger partial charge is 0.201 e. The first-order valence-electron chi connectivity index (χ1n) is 4.32. The largest absolute Gasteiger partial charge is 0.329 e. The Morgan fingerprint density at radius 3 is 2.85 bits per heavy atom. The maximum Gasteiger partial charge on any atom is 0.201 e. The van der Waals surface area contributed by atoms with Gasteiger partial charge in [-0.3, -0.25) is 0 Å². The molecule has 0 aliphatic heterocycles. The Morgan fingerprint density at radius 2 is 2.15 bits per heavy atom. The third kappa shape index (κ3) is 1.42. The van der Waals surface area contributed by atoms with Crippen LogP contribution in [0.2, 0.25) is 5.28 Å². The van der Waals surface area contributed by atoms with Crippen molar-refractivity contribution < 1.29 is 0 Å². The van der Waals surface area contributed by atoms with Gasteiger partial charge in [-0.15, -0.1) is 0 Å². The second-order valence-electron chi connectivity index (χ2n) is 3.43. The van der Waals surface area contributed by atoms with Crippen molar-refractivity contribution in [3.8, 4) is 0 Å². The first-order chi connectivity index (χ1) is 6.18. The van der Waals surface area contributed by atoms with Gasteiger partial charge in [0.15, 0.2) is 0 Å². The Balaban J connectivity index is 2.75. The van der Waals surface area contributed by atoms with Crippen LogP contribution in [0, 0.1) is 0 Å². The van der Waals surface area contributed by atoms with Crippen molar-refractivity contribution in [1.82, 2.24) is 9.97 Å². The van der Waals surface area contributed by atoms with E-state index in [1.54, 1.807) is 0 Å². The molecule has 0 saturated heterocycles. The van der Waals surface area contributed by atoms with Gasteiger partial charge in [0.05, 0.1) is 11.0 Å². The normalized spacial score (nSPS) is 11.4. The summed E-state index contributed by atoms with van der Waals surface area (Å²) in [7, 11) is 0. The van der Waals surface area contributed by atoms with E-state index in [2.05, 4.69) is 29.9 Å². The fourth-order valence-corrected chi connectivity index (χ4v) is 1.68. The summed E-state index contributed by atoms with van der Waals surface area (Å²) in [6.07, 6.45) is 0. The lowest BCUT2D eigenvalue weighted by Gasteiger charge is -2.04. The van der Waals surface area contributed by atoms with E-state index >= 15 is 0 Å². The fraction of sp³-hybridized carbons (Fsp3) is 0.300. The third-order valence-electron chi connectivity index (χ3n) is 2.14.